The number of carbonyl (C=O) groups is 2. The third-order valence-corrected chi connectivity index (χ3v) is 4.13. The van der Waals surface area contributed by atoms with E-state index in [1.54, 1.807) is 18.2 Å². The summed E-state index contributed by atoms with van der Waals surface area (Å²) >= 11 is 5.95. The van der Waals surface area contributed by atoms with Crippen LogP contribution in [0.5, 0.6) is 0 Å². The molecule has 1 heterocycles. The van der Waals surface area contributed by atoms with Gasteiger partial charge >= 0.3 is 0 Å². The molecular weight excluding hydrogens is 331 g/mol. The number of carbonyl (C=O) groups excluding carboxylic acids is 2. The van der Waals surface area contributed by atoms with Gasteiger partial charge in [0.25, 0.3) is 0 Å². The second-order valence-electron chi connectivity index (χ2n) is 5.35. The summed E-state index contributed by atoms with van der Waals surface area (Å²) < 4.78 is 14.0. The predicted octanol–water partition coefficient (Wildman–Crippen LogP) is 4.29. The highest BCUT2D eigenvalue weighted by Crippen LogP contribution is 2.31. The largest absolute Gasteiger partial charge is 0.398 e. The van der Waals surface area contributed by atoms with Crippen molar-refractivity contribution in [3.05, 3.63) is 58.5 Å². The van der Waals surface area contributed by atoms with Crippen LogP contribution in [0.15, 0.2) is 36.5 Å². The highest BCUT2D eigenvalue weighted by molar-refractivity contribution is 6.33. The van der Waals surface area contributed by atoms with Gasteiger partial charge in [-0.3, -0.25) is 14.6 Å². The number of rotatable bonds is 3. The van der Waals surface area contributed by atoms with Crippen LogP contribution in [0.1, 0.15) is 27.6 Å². The van der Waals surface area contributed by atoms with E-state index in [2.05, 4.69) is 4.98 Å². The minimum absolute atomic E-state index is 0.0312. The maximum Gasteiger partial charge on any atom is 0.163 e. The molecule has 0 saturated heterocycles. The summed E-state index contributed by atoms with van der Waals surface area (Å²) in [5.74, 6) is -0.882. The lowest BCUT2D eigenvalue weighted by Gasteiger charge is -2.10. The fourth-order valence-electron chi connectivity index (χ4n) is 2.54. The minimum atomic E-state index is -0.698. The van der Waals surface area contributed by atoms with Gasteiger partial charge in [-0.2, -0.15) is 0 Å². The molecule has 6 heteroatoms. The van der Waals surface area contributed by atoms with Crippen LogP contribution in [0.2, 0.25) is 5.02 Å². The lowest BCUT2D eigenvalue weighted by Crippen LogP contribution is -2.01. The van der Waals surface area contributed by atoms with Crippen LogP contribution in [0, 0.1) is 5.82 Å². The second-order valence-corrected chi connectivity index (χ2v) is 5.75. The molecule has 0 aliphatic carbocycles. The summed E-state index contributed by atoms with van der Waals surface area (Å²) in [4.78, 5) is 26.7. The molecule has 3 aromatic rings. The first-order valence-electron chi connectivity index (χ1n) is 7.06. The third-order valence-electron chi connectivity index (χ3n) is 3.82. The normalized spacial score (nSPS) is 10.8. The number of pyridine rings is 1. The molecule has 120 valence electrons. The Kier molecular flexibility index (Phi) is 4.03. The van der Waals surface area contributed by atoms with Crippen LogP contribution >= 0.6 is 11.6 Å². The van der Waals surface area contributed by atoms with Gasteiger partial charge in [0.05, 0.1) is 27.4 Å². The summed E-state index contributed by atoms with van der Waals surface area (Å²) in [5, 5.41) is 0.625. The number of halogens is 2. The van der Waals surface area contributed by atoms with Crippen LogP contribution in [0.4, 0.5) is 10.1 Å². The number of hydrogen-bond acceptors (Lipinski definition) is 4. The topological polar surface area (TPSA) is 73.0 Å². The van der Waals surface area contributed by atoms with Crippen LogP contribution in [0.25, 0.3) is 22.0 Å². The van der Waals surface area contributed by atoms with E-state index in [0.717, 1.165) is 0 Å². The summed E-state index contributed by atoms with van der Waals surface area (Å²) in [5.41, 5.74) is 8.31. The molecule has 0 atom stereocenters. The van der Waals surface area contributed by atoms with Gasteiger partial charge in [0, 0.05) is 11.6 Å². The number of nitrogens with two attached hydrogens (primary N) is 1. The van der Waals surface area contributed by atoms with Gasteiger partial charge in [0.1, 0.15) is 5.82 Å². The first kappa shape index (κ1) is 16.1. The van der Waals surface area contributed by atoms with Gasteiger partial charge in [-0.25, -0.2) is 4.39 Å². The number of aldehydes is 1. The molecule has 0 amide bonds. The Morgan fingerprint density at radius 3 is 2.62 bits per heavy atom. The fourth-order valence-corrected chi connectivity index (χ4v) is 2.79. The van der Waals surface area contributed by atoms with Crippen LogP contribution in [-0.2, 0) is 0 Å². The first-order valence-corrected chi connectivity index (χ1v) is 7.44. The van der Waals surface area contributed by atoms with E-state index in [4.69, 9.17) is 17.3 Å². The lowest BCUT2D eigenvalue weighted by atomic mass is 9.99. The molecule has 0 aliphatic heterocycles. The van der Waals surface area contributed by atoms with Crippen molar-refractivity contribution in [2.45, 2.75) is 6.92 Å². The summed E-state index contributed by atoms with van der Waals surface area (Å²) in [6.45, 7) is 1.41. The average Bonchev–Trinajstić information content (AvgIpc) is 2.54. The SMILES string of the molecule is CC(=O)c1cnc2ccc(-c3cc(F)c(C=O)c(Cl)c3)cc2c1N. The zero-order chi connectivity index (χ0) is 17.4. The van der Waals surface area contributed by atoms with Gasteiger partial charge in [-0.05, 0) is 42.3 Å². The summed E-state index contributed by atoms with van der Waals surface area (Å²) in [6.07, 6.45) is 1.82. The molecule has 3 rings (SSSR count). The number of nitrogen functional groups attached to an aromatic ring is 1. The second kappa shape index (κ2) is 6.02. The number of nitrogens with zero attached hydrogens (tertiary/aromatic N) is 1. The number of fused-ring (bicyclic) bond motifs is 1. The van der Waals surface area contributed by atoms with Crippen LogP contribution < -0.4 is 5.73 Å². The first-order chi connectivity index (χ1) is 11.4. The standard InChI is InChI=1S/C18H12ClFN2O2/c1-9(24)13-7-22-17-3-2-10(4-12(17)18(13)21)11-5-15(19)14(8-23)16(20)6-11/h2-8H,1H3,(H2,21,22). The van der Waals surface area contributed by atoms with Gasteiger partial charge in [0.15, 0.2) is 12.1 Å². The number of aromatic nitrogens is 1. The van der Waals surface area contributed by atoms with Crippen molar-refractivity contribution in [2.75, 3.05) is 5.73 Å². The smallest absolute Gasteiger partial charge is 0.163 e. The average molecular weight is 343 g/mol. The Morgan fingerprint density at radius 1 is 1.25 bits per heavy atom. The van der Waals surface area contributed by atoms with Gasteiger partial charge in [-0.1, -0.05) is 17.7 Å². The van der Waals surface area contributed by atoms with Crippen molar-refractivity contribution < 1.29 is 14.0 Å². The molecule has 0 aliphatic rings. The van der Waals surface area contributed by atoms with Crippen molar-refractivity contribution in [1.29, 1.82) is 0 Å². The van der Waals surface area contributed by atoms with E-state index in [0.29, 0.717) is 39.6 Å². The third kappa shape index (κ3) is 2.63. The molecule has 0 bridgehead atoms. The molecule has 4 nitrogen and oxygen atoms in total. The van der Waals surface area contributed by atoms with Gasteiger partial charge < -0.3 is 5.73 Å². The number of benzene rings is 2. The Balaban J connectivity index is 2.23. The summed E-state index contributed by atoms with van der Waals surface area (Å²) in [7, 11) is 0. The monoisotopic (exact) mass is 342 g/mol. The van der Waals surface area contributed by atoms with Crippen LogP contribution in [-0.4, -0.2) is 17.1 Å². The maximum atomic E-state index is 14.0. The molecule has 2 aromatic carbocycles. The molecule has 0 unspecified atom stereocenters. The number of Topliss-reactive ketones (excluding diaryl/α,β-unsaturated/α-hetero) is 1. The maximum absolute atomic E-state index is 14.0. The quantitative estimate of drug-likeness (QED) is 0.569. The Labute approximate surface area is 142 Å². The highest BCUT2D eigenvalue weighted by Gasteiger charge is 2.13. The van der Waals surface area contributed by atoms with Crippen molar-refractivity contribution in [1.82, 2.24) is 4.98 Å². The van der Waals surface area contributed by atoms with Crippen molar-refractivity contribution in [3.8, 4) is 11.1 Å². The van der Waals surface area contributed by atoms with Crippen molar-refractivity contribution >= 4 is 40.3 Å². The molecule has 0 spiro atoms. The molecule has 1 aromatic heterocycles. The molecular formula is C18H12ClFN2O2. The molecule has 24 heavy (non-hydrogen) atoms. The van der Waals surface area contributed by atoms with Gasteiger partial charge in [0.2, 0.25) is 0 Å². The van der Waals surface area contributed by atoms with E-state index in [1.165, 1.54) is 25.3 Å². The lowest BCUT2D eigenvalue weighted by molar-refractivity contribution is 0.101. The zero-order valence-electron chi connectivity index (χ0n) is 12.6. The van der Waals surface area contributed by atoms with Crippen molar-refractivity contribution in [2.24, 2.45) is 0 Å². The Morgan fingerprint density at radius 2 is 2.00 bits per heavy atom. The fraction of sp³-hybridized carbons (Fsp3) is 0.0556. The summed E-state index contributed by atoms with van der Waals surface area (Å²) in [6, 6.07) is 7.93. The van der Waals surface area contributed by atoms with E-state index in [1.807, 2.05) is 0 Å². The number of anilines is 1. The predicted molar refractivity (Wildman–Crippen MR) is 92.0 cm³/mol. The van der Waals surface area contributed by atoms with E-state index >= 15 is 0 Å². The molecule has 0 saturated carbocycles. The minimum Gasteiger partial charge on any atom is -0.398 e. The van der Waals surface area contributed by atoms with E-state index < -0.39 is 5.82 Å². The van der Waals surface area contributed by atoms with Crippen molar-refractivity contribution in [3.63, 3.8) is 0 Å². The van der Waals surface area contributed by atoms with E-state index in [9.17, 15) is 14.0 Å². The Bertz CT molecular complexity index is 979. The molecule has 0 fully saturated rings. The van der Waals surface area contributed by atoms with E-state index in [-0.39, 0.29) is 16.4 Å². The molecule has 0 radical (unpaired) electrons. The number of ketones is 1. The molecule has 2 N–H and O–H groups in total. The van der Waals surface area contributed by atoms with Crippen LogP contribution in [0.3, 0.4) is 0 Å². The zero-order valence-corrected chi connectivity index (χ0v) is 13.4. The number of hydrogen-bond donors (Lipinski definition) is 1. The highest BCUT2D eigenvalue weighted by atomic mass is 35.5. The van der Waals surface area contributed by atoms with Gasteiger partial charge in [-0.15, -0.1) is 0 Å². The Hall–Kier alpha value is -2.79.